The van der Waals surface area contributed by atoms with Gasteiger partial charge in [0.15, 0.2) is 0 Å². The SMILES string of the molecule is O=C(O)c1cccc(Br)c1NS(=O)(=O)c1ccccc1. The van der Waals surface area contributed by atoms with Crippen LogP contribution in [-0.2, 0) is 10.0 Å². The molecule has 2 aromatic carbocycles. The predicted octanol–water partition coefficient (Wildman–Crippen LogP) is 2.95. The van der Waals surface area contributed by atoms with E-state index in [1.807, 2.05) is 0 Å². The van der Waals surface area contributed by atoms with E-state index in [1.54, 1.807) is 24.3 Å². The van der Waals surface area contributed by atoms with E-state index >= 15 is 0 Å². The van der Waals surface area contributed by atoms with Gasteiger partial charge in [-0.3, -0.25) is 4.72 Å². The van der Waals surface area contributed by atoms with E-state index in [9.17, 15) is 13.2 Å². The summed E-state index contributed by atoms with van der Waals surface area (Å²) >= 11 is 3.15. The summed E-state index contributed by atoms with van der Waals surface area (Å²) in [6.45, 7) is 0. The normalized spacial score (nSPS) is 11.1. The van der Waals surface area contributed by atoms with Crippen LogP contribution in [0.4, 0.5) is 5.69 Å². The fourth-order valence-electron chi connectivity index (χ4n) is 1.60. The molecule has 0 unspecified atom stereocenters. The second-order valence-corrected chi connectivity index (χ2v) is 6.42. The summed E-state index contributed by atoms with van der Waals surface area (Å²) < 4.78 is 27.1. The minimum Gasteiger partial charge on any atom is -0.478 e. The maximum Gasteiger partial charge on any atom is 0.337 e. The monoisotopic (exact) mass is 355 g/mol. The number of aromatic carboxylic acids is 1. The molecule has 0 aliphatic rings. The highest BCUT2D eigenvalue weighted by Gasteiger charge is 2.20. The van der Waals surface area contributed by atoms with Crippen LogP contribution in [0.5, 0.6) is 0 Å². The van der Waals surface area contributed by atoms with E-state index in [2.05, 4.69) is 20.7 Å². The van der Waals surface area contributed by atoms with Gasteiger partial charge in [0, 0.05) is 4.47 Å². The van der Waals surface area contributed by atoms with Crippen LogP contribution < -0.4 is 4.72 Å². The summed E-state index contributed by atoms with van der Waals surface area (Å²) in [6.07, 6.45) is 0. The lowest BCUT2D eigenvalue weighted by molar-refractivity contribution is 0.0698. The van der Waals surface area contributed by atoms with Gasteiger partial charge in [0.2, 0.25) is 0 Å². The zero-order valence-electron chi connectivity index (χ0n) is 10.1. The highest BCUT2D eigenvalue weighted by Crippen LogP contribution is 2.28. The summed E-state index contributed by atoms with van der Waals surface area (Å²) in [4.78, 5) is 11.2. The minimum atomic E-state index is -3.84. The van der Waals surface area contributed by atoms with Gasteiger partial charge in [0.25, 0.3) is 10.0 Å². The fraction of sp³-hybridized carbons (Fsp3) is 0. The Morgan fingerprint density at radius 3 is 2.30 bits per heavy atom. The first-order valence-electron chi connectivity index (χ1n) is 5.51. The van der Waals surface area contributed by atoms with Gasteiger partial charge in [0.1, 0.15) is 0 Å². The van der Waals surface area contributed by atoms with E-state index in [4.69, 9.17) is 5.11 Å². The molecule has 0 radical (unpaired) electrons. The van der Waals surface area contributed by atoms with E-state index in [0.717, 1.165) is 0 Å². The highest BCUT2D eigenvalue weighted by atomic mass is 79.9. The van der Waals surface area contributed by atoms with Crippen LogP contribution in [0.2, 0.25) is 0 Å². The van der Waals surface area contributed by atoms with Crippen molar-refractivity contribution in [3.8, 4) is 0 Å². The molecule has 0 aromatic heterocycles. The molecule has 2 aromatic rings. The Hall–Kier alpha value is -1.86. The molecule has 0 heterocycles. The molecule has 0 fully saturated rings. The van der Waals surface area contributed by atoms with Crippen LogP contribution in [0.15, 0.2) is 57.9 Å². The molecule has 0 bridgehead atoms. The number of sulfonamides is 1. The third-order valence-electron chi connectivity index (χ3n) is 2.53. The van der Waals surface area contributed by atoms with Crippen LogP contribution in [-0.4, -0.2) is 19.5 Å². The molecule has 0 amide bonds. The molecule has 2 rings (SSSR count). The Morgan fingerprint density at radius 2 is 1.70 bits per heavy atom. The predicted molar refractivity (Wildman–Crippen MR) is 78.4 cm³/mol. The van der Waals surface area contributed by atoms with Gasteiger partial charge in [-0.2, -0.15) is 0 Å². The lowest BCUT2D eigenvalue weighted by Gasteiger charge is -2.12. The molecule has 7 heteroatoms. The Labute approximate surface area is 124 Å². The van der Waals surface area contributed by atoms with Crippen molar-refractivity contribution in [1.29, 1.82) is 0 Å². The first kappa shape index (κ1) is 14.5. The van der Waals surface area contributed by atoms with Gasteiger partial charge in [0.05, 0.1) is 16.1 Å². The summed E-state index contributed by atoms with van der Waals surface area (Å²) in [7, 11) is -3.84. The summed E-state index contributed by atoms with van der Waals surface area (Å²) in [5.74, 6) is -1.21. The molecule has 0 aliphatic heterocycles. The Kier molecular flexibility index (Phi) is 4.10. The van der Waals surface area contributed by atoms with Crippen molar-refractivity contribution in [2.75, 3.05) is 4.72 Å². The highest BCUT2D eigenvalue weighted by molar-refractivity contribution is 9.10. The quantitative estimate of drug-likeness (QED) is 0.882. The summed E-state index contributed by atoms with van der Waals surface area (Å²) in [5, 5.41) is 9.10. The van der Waals surface area contributed by atoms with E-state index < -0.39 is 16.0 Å². The lowest BCUT2D eigenvalue weighted by atomic mass is 10.2. The minimum absolute atomic E-state index is 0.00357. The Bertz CT molecular complexity index is 744. The third kappa shape index (κ3) is 3.00. The van der Waals surface area contributed by atoms with Gasteiger partial charge in [-0.05, 0) is 40.2 Å². The number of rotatable bonds is 4. The van der Waals surface area contributed by atoms with Crippen molar-refractivity contribution in [3.63, 3.8) is 0 Å². The average Bonchev–Trinajstić information content (AvgIpc) is 2.41. The molecular formula is C13H10BrNO4S. The van der Waals surface area contributed by atoms with Crippen molar-refractivity contribution in [1.82, 2.24) is 0 Å². The van der Waals surface area contributed by atoms with Gasteiger partial charge in [-0.25, -0.2) is 13.2 Å². The first-order chi connectivity index (χ1) is 9.42. The van der Waals surface area contributed by atoms with Gasteiger partial charge < -0.3 is 5.11 Å². The van der Waals surface area contributed by atoms with Crippen LogP contribution >= 0.6 is 15.9 Å². The lowest BCUT2D eigenvalue weighted by Crippen LogP contribution is -2.16. The van der Waals surface area contributed by atoms with Crippen LogP contribution in [0.1, 0.15) is 10.4 Å². The molecule has 2 N–H and O–H groups in total. The smallest absolute Gasteiger partial charge is 0.337 e. The number of benzene rings is 2. The molecule has 20 heavy (non-hydrogen) atoms. The third-order valence-corrected chi connectivity index (χ3v) is 4.56. The van der Waals surface area contributed by atoms with Gasteiger partial charge >= 0.3 is 5.97 Å². The summed E-state index contributed by atoms with van der Waals surface area (Å²) in [5.41, 5.74) is -0.122. The van der Waals surface area contributed by atoms with Crippen LogP contribution in [0, 0.1) is 0 Å². The topological polar surface area (TPSA) is 83.5 Å². The standard InChI is InChI=1S/C13H10BrNO4S/c14-11-8-4-7-10(13(16)17)12(11)15-20(18,19)9-5-2-1-3-6-9/h1-8,15H,(H,16,17). The number of hydrogen-bond acceptors (Lipinski definition) is 3. The number of anilines is 1. The fourth-order valence-corrected chi connectivity index (χ4v) is 3.32. The molecule has 0 spiro atoms. The molecule has 0 saturated carbocycles. The maximum atomic E-state index is 12.2. The summed E-state index contributed by atoms with van der Waals surface area (Å²) in [6, 6.07) is 12.2. The second-order valence-electron chi connectivity index (χ2n) is 3.89. The molecule has 0 saturated heterocycles. The molecule has 0 atom stereocenters. The molecule has 0 aliphatic carbocycles. The Balaban J connectivity index is 2.48. The van der Waals surface area contributed by atoms with E-state index in [0.29, 0.717) is 4.47 Å². The zero-order valence-corrected chi connectivity index (χ0v) is 12.5. The van der Waals surface area contributed by atoms with E-state index in [1.165, 1.54) is 24.3 Å². The maximum absolute atomic E-state index is 12.2. The number of carboxylic acids is 1. The number of halogens is 1. The van der Waals surface area contributed by atoms with Crippen molar-refractivity contribution in [2.24, 2.45) is 0 Å². The second kappa shape index (κ2) is 5.64. The number of carboxylic acid groups (broad SMARTS) is 1. The van der Waals surface area contributed by atoms with Crippen molar-refractivity contribution in [2.45, 2.75) is 4.90 Å². The zero-order chi connectivity index (χ0) is 14.8. The van der Waals surface area contributed by atoms with Crippen LogP contribution in [0.3, 0.4) is 0 Å². The van der Waals surface area contributed by atoms with E-state index in [-0.39, 0.29) is 16.1 Å². The van der Waals surface area contributed by atoms with Crippen molar-refractivity contribution >= 4 is 37.6 Å². The number of nitrogens with one attached hydrogen (secondary N) is 1. The van der Waals surface area contributed by atoms with Gasteiger partial charge in [-0.15, -0.1) is 0 Å². The largest absolute Gasteiger partial charge is 0.478 e. The number of hydrogen-bond donors (Lipinski definition) is 2. The number of carbonyl (C=O) groups is 1. The average molecular weight is 356 g/mol. The molecule has 5 nitrogen and oxygen atoms in total. The Morgan fingerprint density at radius 1 is 1.05 bits per heavy atom. The number of para-hydroxylation sites is 1. The van der Waals surface area contributed by atoms with Crippen molar-refractivity contribution in [3.05, 3.63) is 58.6 Å². The van der Waals surface area contributed by atoms with Crippen molar-refractivity contribution < 1.29 is 18.3 Å². The molecule has 104 valence electrons. The molecular weight excluding hydrogens is 346 g/mol. The first-order valence-corrected chi connectivity index (χ1v) is 7.79. The van der Waals surface area contributed by atoms with Gasteiger partial charge in [-0.1, -0.05) is 24.3 Å². The van der Waals surface area contributed by atoms with Crippen LogP contribution in [0.25, 0.3) is 0 Å².